The molecule has 0 aliphatic rings. The summed E-state index contributed by atoms with van der Waals surface area (Å²) in [5.41, 5.74) is 2.08. The highest BCUT2D eigenvalue weighted by Gasteiger charge is 2.05. The maximum Gasteiger partial charge on any atom is 0.0692 e. The summed E-state index contributed by atoms with van der Waals surface area (Å²) in [6.45, 7) is 8.58. The summed E-state index contributed by atoms with van der Waals surface area (Å²) >= 11 is 0. The minimum absolute atomic E-state index is 0.432. The Bertz CT molecular complexity index is 269. The second-order valence-corrected chi connectivity index (χ2v) is 4.10. The number of nitrogens with zero attached hydrogens (tertiary/aromatic N) is 3. The van der Waals surface area contributed by atoms with E-state index in [1.54, 1.807) is 0 Å². The Morgan fingerprint density at radius 2 is 1.85 bits per heavy atom. The molecule has 0 unspecified atom stereocenters. The highest BCUT2D eigenvalue weighted by Crippen LogP contribution is 2.12. The molecule has 13 heavy (non-hydrogen) atoms. The fraction of sp³-hybridized carbons (Fsp3) is 0.700. The normalized spacial score (nSPS) is 11.2. The van der Waals surface area contributed by atoms with Gasteiger partial charge in [0.1, 0.15) is 0 Å². The summed E-state index contributed by atoms with van der Waals surface area (Å²) in [6.07, 6.45) is 0.981. The highest BCUT2D eigenvalue weighted by atomic mass is 15.3. The molecule has 0 saturated heterocycles. The van der Waals surface area contributed by atoms with Crippen molar-refractivity contribution in [2.45, 2.75) is 40.0 Å². The van der Waals surface area contributed by atoms with Crippen LogP contribution in [-0.2, 0) is 6.42 Å². The Hall–Kier alpha value is -0.990. The molecule has 1 heterocycles. The minimum atomic E-state index is 0.432. The van der Waals surface area contributed by atoms with Gasteiger partial charge in [-0.25, -0.2) is 0 Å². The van der Waals surface area contributed by atoms with Crippen molar-refractivity contribution in [2.75, 3.05) is 0 Å². The topological polar surface area (TPSA) is 38.7 Å². The molecule has 0 aliphatic carbocycles. The maximum atomic E-state index is 4.00. The number of hydrogen-bond donors (Lipinski definition) is 0. The summed E-state index contributed by atoms with van der Waals surface area (Å²) in [5, 5.41) is 11.7. The van der Waals surface area contributed by atoms with Gasteiger partial charge in [0, 0.05) is 0 Å². The number of hydrogen-bond acceptors (Lipinski definition) is 3. The molecule has 0 spiro atoms. The molecule has 0 saturated carbocycles. The molecule has 0 fully saturated rings. The van der Waals surface area contributed by atoms with E-state index in [4.69, 9.17) is 0 Å². The van der Waals surface area contributed by atoms with Gasteiger partial charge >= 0.3 is 0 Å². The Morgan fingerprint density at radius 3 is 2.38 bits per heavy atom. The number of aromatic nitrogens is 3. The fourth-order valence-corrected chi connectivity index (χ4v) is 1.16. The molecule has 0 atom stereocenters. The van der Waals surface area contributed by atoms with Crippen LogP contribution in [0.1, 0.15) is 45.0 Å². The molecule has 0 N–H and O–H groups in total. The van der Waals surface area contributed by atoms with Gasteiger partial charge in [0.25, 0.3) is 0 Å². The Morgan fingerprint density at radius 1 is 1.15 bits per heavy atom. The van der Waals surface area contributed by atoms with Crippen LogP contribution in [0, 0.1) is 5.92 Å². The fourth-order valence-electron chi connectivity index (χ4n) is 1.16. The number of rotatable bonds is 3. The summed E-state index contributed by atoms with van der Waals surface area (Å²) in [5.74, 6) is 1.05. The van der Waals surface area contributed by atoms with Crippen molar-refractivity contribution in [1.82, 2.24) is 15.4 Å². The maximum absolute atomic E-state index is 4.00. The third-order valence-electron chi connectivity index (χ3n) is 1.86. The largest absolute Gasteiger partial charge is 0.135 e. The predicted molar refractivity (Wildman–Crippen MR) is 52.5 cm³/mol. The van der Waals surface area contributed by atoms with Crippen LogP contribution in [-0.4, -0.2) is 15.4 Å². The molecule has 1 aromatic rings. The first kappa shape index (κ1) is 10.1. The Balaban J connectivity index is 2.79. The molecule has 1 aromatic heterocycles. The van der Waals surface area contributed by atoms with Gasteiger partial charge < -0.3 is 0 Å². The van der Waals surface area contributed by atoms with Crippen LogP contribution in [0.2, 0.25) is 0 Å². The van der Waals surface area contributed by atoms with E-state index < -0.39 is 0 Å². The quantitative estimate of drug-likeness (QED) is 0.714. The summed E-state index contributed by atoms with van der Waals surface area (Å²) in [7, 11) is 0. The molecule has 1 rings (SSSR count). The van der Waals surface area contributed by atoms with Crippen molar-refractivity contribution in [2.24, 2.45) is 5.92 Å². The van der Waals surface area contributed by atoms with Crippen molar-refractivity contribution < 1.29 is 0 Å². The molecule has 0 amide bonds. The van der Waals surface area contributed by atoms with Gasteiger partial charge in [0.05, 0.1) is 11.4 Å². The van der Waals surface area contributed by atoms with Gasteiger partial charge in [-0.15, -0.1) is 10.2 Å². The van der Waals surface area contributed by atoms with Crippen LogP contribution in [0.5, 0.6) is 0 Å². The van der Waals surface area contributed by atoms with E-state index in [1.807, 2.05) is 0 Å². The van der Waals surface area contributed by atoms with Gasteiger partial charge in [0.15, 0.2) is 0 Å². The highest BCUT2D eigenvalue weighted by molar-refractivity contribution is 5.09. The lowest BCUT2D eigenvalue weighted by Crippen LogP contribution is -2.04. The lowest BCUT2D eigenvalue weighted by atomic mass is 10.1. The standard InChI is InChI=1S/C10H17N3/c1-7(2)5-9-6-10(8(3)4)12-13-11-9/h6-8H,5H2,1-4H3. The first-order valence-corrected chi connectivity index (χ1v) is 4.78. The smallest absolute Gasteiger partial charge is 0.0692 e. The molecule has 0 radical (unpaired) electrons. The Kier molecular flexibility index (Phi) is 3.34. The van der Waals surface area contributed by atoms with Crippen molar-refractivity contribution in [1.29, 1.82) is 0 Å². The van der Waals surface area contributed by atoms with Crippen LogP contribution in [0.3, 0.4) is 0 Å². The molecule has 0 aliphatic heterocycles. The molecule has 3 nitrogen and oxygen atoms in total. The average molecular weight is 179 g/mol. The molecular weight excluding hydrogens is 162 g/mol. The second-order valence-electron chi connectivity index (χ2n) is 4.10. The van der Waals surface area contributed by atoms with E-state index in [0.717, 1.165) is 17.8 Å². The first-order chi connectivity index (χ1) is 6.09. The molecule has 0 bridgehead atoms. The van der Waals surface area contributed by atoms with Crippen molar-refractivity contribution in [3.8, 4) is 0 Å². The SMILES string of the molecule is CC(C)Cc1cc(C(C)C)nnn1. The predicted octanol–water partition coefficient (Wildman–Crippen LogP) is 2.19. The van der Waals surface area contributed by atoms with Crippen LogP contribution in [0.15, 0.2) is 6.07 Å². The van der Waals surface area contributed by atoms with E-state index in [0.29, 0.717) is 11.8 Å². The summed E-state index contributed by atoms with van der Waals surface area (Å²) in [4.78, 5) is 0. The van der Waals surface area contributed by atoms with E-state index in [2.05, 4.69) is 49.2 Å². The van der Waals surface area contributed by atoms with Gasteiger partial charge in [-0.05, 0) is 29.5 Å². The van der Waals surface area contributed by atoms with E-state index >= 15 is 0 Å². The van der Waals surface area contributed by atoms with Gasteiger partial charge in [-0.2, -0.15) is 0 Å². The van der Waals surface area contributed by atoms with Crippen LogP contribution in [0.4, 0.5) is 0 Å². The van der Waals surface area contributed by atoms with Crippen LogP contribution in [0.25, 0.3) is 0 Å². The zero-order valence-corrected chi connectivity index (χ0v) is 8.78. The lowest BCUT2D eigenvalue weighted by Gasteiger charge is -2.06. The van der Waals surface area contributed by atoms with Crippen LogP contribution < -0.4 is 0 Å². The van der Waals surface area contributed by atoms with E-state index in [9.17, 15) is 0 Å². The van der Waals surface area contributed by atoms with E-state index in [1.165, 1.54) is 0 Å². The summed E-state index contributed by atoms with van der Waals surface area (Å²) < 4.78 is 0. The second kappa shape index (κ2) is 4.30. The van der Waals surface area contributed by atoms with Crippen molar-refractivity contribution >= 4 is 0 Å². The average Bonchev–Trinajstić information content (AvgIpc) is 2.03. The van der Waals surface area contributed by atoms with Gasteiger partial charge in [-0.1, -0.05) is 27.7 Å². The molecule has 0 aromatic carbocycles. The van der Waals surface area contributed by atoms with Crippen LogP contribution >= 0.6 is 0 Å². The van der Waals surface area contributed by atoms with Gasteiger partial charge in [0.2, 0.25) is 0 Å². The monoisotopic (exact) mass is 179 g/mol. The molecular formula is C10H17N3. The van der Waals surface area contributed by atoms with Crippen molar-refractivity contribution in [3.05, 3.63) is 17.5 Å². The van der Waals surface area contributed by atoms with Gasteiger partial charge in [-0.3, -0.25) is 0 Å². The zero-order valence-electron chi connectivity index (χ0n) is 8.78. The lowest BCUT2D eigenvalue weighted by molar-refractivity contribution is 0.612. The first-order valence-electron chi connectivity index (χ1n) is 4.78. The third kappa shape index (κ3) is 3.09. The summed E-state index contributed by atoms with van der Waals surface area (Å²) in [6, 6.07) is 2.05. The minimum Gasteiger partial charge on any atom is -0.135 e. The Labute approximate surface area is 79.6 Å². The van der Waals surface area contributed by atoms with Crippen molar-refractivity contribution in [3.63, 3.8) is 0 Å². The molecule has 72 valence electrons. The third-order valence-corrected chi connectivity index (χ3v) is 1.86. The zero-order chi connectivity index (χ0) is 9.84. The molecule has 3 heteroatoms. The van der Waals surface area contributed by atoms with E-state index in [-0.39, 0.29) is 0 Å².